The topological polar surface area (TPSA) is 179 Å². The summed E-state index contributed by atoms with van der Waals surface area (Å²) in [4.78, 5) is 66.1. The van der Waals surface area contributed by atoms with Gasteiger partial charge in [-0.15, -0.1) is 0 Å². The van der Waals surface area contributed by atoms with Crippen LogP contribution in [0.4, 0.5) is 16.2 Å². The first kappa shape index (κ1) is 33.5. The number of methoxy groups -OCH3 is 1. The van der Waals surface area contributed by atoms with Crippen molar-refractivity contribution in [1.29, 1.82) is 0 Å². The Bertz CT molecular complexity index is 1400. The van der Waals surface area contributed by atoms with Crippen LogP contribution in [0.5, 0.6) is 0 Å². The number of nitrogens with one attached hydrogen (secondary N) is 2. The molecule has 1 saturated heterocycles. The summed E-state index contributed by atoms with van der Waals surface area (Å²) in [5.74, 6) is -2.55. The first-order valence-electron chi connectivity index (χ1n) is 14.6. The van der Waals surface area contributed by atoms with Gasteiger partial charge in [0.05, 0.1) is 6.10 Å². The number of imide groups is 1. The lowest BCUT2D eigenvalue weighted by molar-refractivity contribution is -0.177. The van der Waals surface area contributed by atoms with Crippen LogP contribution in [0.15, 0.2) is 36.4 Å². The first-order chi connectivity index (χ1) is 21.7. The number of nitrogens with zero attached hydrogens (tertiary/aromatic N) is 1. The van der Waals surface area contributed by atoms with Crippen molar-refractivity contribution < 1.29 is 52.9 Å². The molecule has 4 amide bonds. The number of hydrogen-bond acceptors (Lipinski definition) is 11. The fraction of sp³-hybridized carbons (Fsp3) is 0.452. The van der Waals surface area contributed by atoms with Crippen LogP contribution >= 0.6 is 0 Å². The molecule has 1 heterocycles. The van der Waals surface area contributed by atoms with E-state index in [0.717, 1.165) is 22.3 Å². The van der Waals surface area contributed by atoms with Gasteiger partial charge >= 0.3 is 6.16 Å². The highest BCUT2D eigenvalue weighted by atomic mass is 16.8. The third-order valence-corrected chi connectivity index (χ3v) is 7.16. The van der Waals surface area contributed by atoms with Crippen LogP contribution in [-0.4, -0.2) is 92.8 Å². The molecule has 242 valence electrons. The maximum absolute atomic E-state index is 12.5. The van der Waals surface area contributed by atoms with E-state index in [1.807, 2.05) is 12.1 Å². The lowest BCUT2D eigenvalue weighted by Gasteiger charge is -2.17. The van der Waals surface area contributed by atoms with Crippen LogP contribution in [0, 0.1) is 0 Å². The molecule has 2 atom stereocenters. The number of carbonyl (C=O) groups excluding carboxylic acids is 5. The van der Waals surface area contributed by atoms with Crippen LogP contribution in [0.25, 0.3) is 11.1 Å². The molecular formula is C31H37N3O11. The van der Waals surface area contributed by atoms with E-state index in [9.17, 15) is 24.0 Å². The van der Waals surface area contributed by atoms with Gasteiger partial charge in [-0.05, 0) is 66.3 Å². The lowest BCUT2D eigenvalue weighted by atomic mass is 9.97. The summed E-state index contributed by atoms with van der Waals surface area (Å²) in [7, 11) is 1.59. The normalized spacial score (nSPS) is 15.8. The Kier molecular flexibility index (Phi) is 12.0. The SMILES string of the molecule is COCCCOCC(=O)Nc1ccc2c(c1)C(COC(=O)ON1C(=O)CCC1=O)c1cc(NC(=O)COC(C)CCO)ccc1-2. The van der Waals surface area contributed by atoms with Crippen molar-refractivity contribution in [1.82, 2.24) is 5.06 Å². The molecule has 2 aromatic carbocycles. The van der Waals surface area contributed by atoms with Gasteiger partial charge in [0.1, 0.15) is 19.8 Å². The molecule has 3 N–H and O–H groups in total. The van der Waals surface area contributed by atoms with Gasteiger partial charge in [-0.2, -0.15) is 0 Å². The van der Waals surface area contributed by atoms with E-state index in [0.29, 0.717) is 42.5 Å². The number of aliphatic hydroxyl groups is 1. The van der Waals surface area contributed by atoms with Crippen molar-refractivity contribution in [3.63, 3.8) is 0 Å². The van der Waals surface area contributed by atoms with Crippen molar-refractivity contribution in [2.45, 2.75) is 44.6 Å². The molecule has 4 rings (SSSR count). The highest BCUT2D eigenvalue weighted by Crippen LogP contribution is 2.47. The lowest BCUT2D eigenvalue weighted by Crippen LogP contribution is -2.32. The van der Waals surface area contributed by atoms with E-state index < -0.39 is 23.9 Å². The van der Waals surface area contributed by atoms with Gasteiger partial charge in [-0.25, -0.2) is 4.79 Å². The molecule has 0 radical (unpaired) electrons. The maximum atomic E-state index is 12.5. The Morgan fingerprint density at radius 1 is 0.933 bits per heavy atom. The van der Waals surface area contributed by atoms with Crippen molar-refractivity contribution in [2.75, 3.05) is 57.4 Å². The second-order valence-electron chi connectivity index (χ2n) is 10.5. The molecule has 0 spiro atoms. The fourth-order valence-electron chi connectivity index (χ4n) is 4.95. The van der Waals surface area contributed by atoms with Crippen molar-refractivity contribution in [3.05, 3.63) is 47.5 Å². The average Bonchev–Trinajstić information content (AvgIpc) is 3.49. The smallest absolute Gasteiger partial charge is 0.432 e. The summed E-state index contributed by atoms with van der Waals surface area (Å²) >= 11 is 0. The predicted molar refractivity (Wildman–Crippen MR) is 159 cm³/mol. The Balaban J connectivity index is 1.49. The Morgan fingerprint density at radius 3 is 2.11 bits per heavy atom. The van der Waals surface area contributed by atoms with Crippen LogP contribution in [0.3, 0.4) is 0 Å². The zero-order valence-corrected chi connectivity index (χ0v) is 25.2. The molecule has 0 bridgehead atoms. The van der Waals surface area contributed by atoms with Crippen molar-refractivity contribution >= 4 is 41.2 Å². The number of aliphatic hydroxyl groups excluding tert-OH is 1. The fourth-order valence-corrected chi connectivity index (χ4v) is 4.95. The first-order valence-corrected chi connectivity index (χ1v) is 14.6. The summed E-state index contributed by atoms with van der Waals surface area (Å²) in [6.07, 6.45) is -0.562. The number of hydrogen-bond donors (Lipinski definition) is 3. The number of hydroxylamine groups is 2. The predicted octanol–water partition coefficient (Wildman–Crippen LogP) is 2.73. The van der Waals surface area contributed by atoms with Crippen LogP contribution in [0.2, 0.25) is 0 Å². The van der Waals surface area contributed by atoms with E-state index in [1.165, 1.54) is 0 Å². The van der Waals surface area contributed by atoms with Crippen LogP contribution in [0.1, 0.15) is 49.7 Å². The number of carbonyl (C=O) groups is 5. The van der Waals surface area contributed by atoms with E-state index in [-0.39, 0.29) is 57.2 Å². The van der Waals surface area contributed by atoms with Gasteiger partial charge in [-0.1, -0.05) is 17.2 Å². The second kappa shape index (κ2) is 16.1. The van der Waals surface area contributed by atoms with Gasteiger partial charge in [-0.3, -0.25) is 24.0 Å². The van der Waals surface area contributed by atoms with E-state index in [1.54, 1.807) is 38.3 Å². The van der Waals surface area contributed by atoms with Gasteiger partial charge in [0.2, 0.25) is 11.8 Å². The van der Waals surface area contributed by atoms with Crippen LogP contribution < -0.4 is 10.6 Å². The minimum atomic E-state index is -1.22. The molecule has 14 heteroatoms. The highest BCUT2D eigenvalue weighted by molar-refractivity contribution is 6.01. The Labute approximate surface area is 259 Å². The minimum Gasteiger partial charge on any atom is -0.432 e. The monoisotopic (exact) mass is 627 g/mol. The van der Waals surface area contributed by atoms with Crippen LogP contribution in [-0.2, 0) is 43.0 Å². The van der Waals surface area contributed by atoms with Gasteiger partial charge < -0.3 is 34.7 Å². The highest BCUT2D eigenvalue weighted by Gasteiger charge is 2.35. The van der Waals surface area contributed by atoms with E-state index in [4.69, 9.17) is 28.9 Å². The number of anilines is 2. The molecule has 1 aliphatic heterocycles. The summed E-state index contributed by atoms with van der Waals surface area (Å²) in [6.45, 7) is 2.03. The zero-order chi connectivity index (χ0) is 32.3. The Morgan fingerprint density at radius 2 is 1.53 bits per heavy atom. The second-order valence-corrected chi connectivity index (χ2v) is 10.5. The molecule has 2 aromatic rings. The standard InChI is InChI=1S/C31H37N3O11/c1-19(10-11-35)43-18-28(37)33-21-5-7-23-22-6-4-20(32-27(36)17-42-13-3-12-41-2)14-24(22)26(25(23)15-21)16-44-31(40)45-34-29(38)8-9-30(34)39/h4-7,14-15,19,26,35H,3,8-13,16-18H2,1-2H3,(H,32,36)(H,33,37). The van der Waals surface area contributed by atoms with Gasteiger partial charge in [0, 0.05) is 57.1 Å². The quantitative estimate of drug-likeness (QED) is 0.142. The summed E-state index contributed by atoms with van der Waals surface area (Å²) in [5.41, 5.74) is 4.07. The van der Waals surface area contributed by atoms with E-state index >= 15 is 0 Å². The van der Waals surface area contributed by atoms with Gasteiger partial charge in [0.15, 0.2) is 0 Å². The van der Waals surface area contributed by atoms with Crippen molar-refractivity contribution in [2.24, 2.45) is 0 Å². The van der Waals surface area contributed by atoms with Gasteiger partial charge in [0.25, 0.3) is 11.8 Å². The number of benzene rings is 2. The molecular weight excluding hydrogens is 590 g/mol. The largest absolute Gasteiger partial charge is 0.533 e. The summed E-state index contributed by atoms with van der Waals surface area (Å²) < 4.78 is 21.2. The zero-order valence-electron chi connectivity index (χ0n) is 25.2. The minimum absolute atomic E-state index is 0.0517. The molecule has 1 aliphatic carbocycles. The number of amides is 4. The Hall–Kier alpha value is -4.37. The molecule has 2 aliphatic rings. The van der Waals surface area contributed by atoms with E-state index in [2.05, 4.69) is 10.6 Å². The number of fused-ring (bicyclic) bond motifs is 3. The third-order valence-electron chi connectivity index (χ3n) is 7.16. The maximum Gasteiger partial charge on any atom is 0.533 e. The third kappa shape index (κ3) is 9.08. The molecule has 2 unspecified atom stereocenters. The number of ether oxygens (including phenoxy) is 4. The molecule has 14 nitrogen and oxygen atoms in total. The van der Waals surface area contributed by atoms with Crippen molar-refractivity contribution in [3.8, 4) is 11.1 Å². The molecule has 0 saturated carbocycles. The number of rotatable bonds is 16. The molecule has 45 heavy (non-hydrogen) atoms. The summed E-state index contributed by atoms with van der Waals surface area (Å²) in [6, 6.07) is 10.6. The molecule has 0 aromatic heterocycles. The average molecular weight is 628 g/mol. The summed E-state index contributed by atoms with van der Waals surface area (Å²) in [5, 5.41) is 15.0. The molecule has 1 fully saturated rings.